The molecule has 1 atom stereocenters. The molecule has 2 aliphatic heterocycles. The van der Waals surface area contributed by atoms with E-state index in [1.165, 1.54) is 4.57 Å². The zero-order chi connectivity index (χ0) is 24.7. The molecule has 10 heteroatoms. The molecule has 3 aromatic rings. The first kappa shape index (κ1) is 23.8. The van der Waals surface area contributed by atoms with E-state index in [2.05, 4.69) is 15.9 Å². The lowest BCUT2D eigenvalue weighted by Gasteiger charge is -2.29. The highest BCUT2D eigenvalue weighted by atomic mass is 79.9. The molecule has 0 spiro atoms. The van der Waals surface area contributed by atoms with E-state index in [1.54, 1.807) is 39.7 Å². The molecule has 8 nitrogen and oxygen atoms in total. The van der Waals surface area contributed by atoms with E-state index in [9.17, 15) is 14.4 Å². The zero-order valence-corrected chi connectivity index (χ0v) is 21.5. The maximum Gasteiger partial charge on any atom is 0.329 e. The summed E-state index contributed by atoms with van der Waals surface area (Å²) >= 11 is 9.54. The van der Waals surface area contributed by atoms with E-state index in [1.807, 2.05) is 30.3 Å². The standard InChI is InChI=1S/C25H24BrClN4O4/c1-35-18-13-29(12-16-5-3-2-4-6-16)24(33)22-21-15-28(9-10-30(21)25(34)31(22)14-18)23(32)17-7-8-19(26)20(27)11-17/h2-8,11,18H,9-10,12-15H2,1H3/t18-/m0/s1. The molecule has 0 aliphatic carbocycles. The number of ether oxygens (including phenoxy) is 1. The molecule has 0 unspecified atom stereocenters. The Balaban J connectivity index is 1.50. The van der Waals surface area contributed by atoms with Crippen LogP contribution < -0.4 is 5.69 Å². The summed E-state index contributed by atoms with van der Waals surface area (Å²) in [6, 6.07) is 14.8. The van der Waals surface area contributed by atoms with Gasteiger partial charge in [-0.05, 0) is 39.7 Å². The summed E-state index contributed by atoms with van der Waals surface area (Å²) in [4.78, 5) is 43.7. The topological polar surface area (TPSA) is 76.8 Å². The van der Waals surface area contributed by atoms with Crippen LogP contribution in [0.4, 0.5) is 0 Å². The Morgan fingerprint density at radius 3 is 2.57 bits per heavy atom. The van der Waals surface area contributed by atoms with E-state index in [-0.39, 0.29) is 36.7 Å². The Hall–Kier alpha value is -2.88. The van der Waals surface area contributed by atoms with Gasteiger partial charge in [-0.2, -0.15) is 0 Å². The van der Waals surface area contributed by atoms with Crippen LogP contribution in [0.5, 0.6) is 0 Å². The maximum absolute atomic E-state index is 13.8. The smallest absolute Gasteiger partial charge is 0.329 e. The fourth-order valence-electron chi connectivity index (χ4n) is 4.73. The highest BCUT2D eigenvalue weighted by Crippen LogP contribution is 2.26. The van der Waals surface area contributed by atoms with Crippen molar-refractivity contribution in [1.82, 2.24) is 18.9 Å². The second-order valence-electron chi connectivity index (χ2n) is 8.72. The third-order valence-electron chi connectivity index (χ3n) is 6.57. The summed E-state index contributed by atoms with van der Waals surface area (Å²) in [7, 11) is 1.59. The molecule has 3 heterocycles. The molecule has 35 heavy (non-hydrogen) atoms. The number of hydrogen-bond acceptors (Lipinski definition) is 4. The molecule has 5 rings (SSSR count). The third kappa shape index (κ3) is 4.44. The first-order valence-electron chi connectivity index (χ1n) is 11.3. The molecule has 0 saturated carbocycles. The van der Waals surface area contributed by atoms with Gasteiger partial charge >= 0.3 is 5.69 Å². The SMILES string of the molecule is CO[C@H]1CN(Cc2ccccc2)C(=O)c2c3n(c(=O)n2C1)CCN(C(=O)c1ccc(Br)c(Cl)c1)C3. The average molecular weight is 560 g/mol. The van der Waals surface area contributed by atoms with Crippen LogP contribution in [0.2, 0.25) is 5.02 Å². The molecule has 182 valence electrons. The minimum atomic E-state index is -0.325. The second-order valence-corrected chi connectivity index (χ2v) is 9.99. The fraction of sp³-hybridized carbons (Fsp3) is 0.320. The van der Waals surface area contributed by atoms with Crippen molar-refractivity contribution in [2.45, 2.75) is 32.3 Å². The first-order valence-corrected chi connectivity index (χ1v) is 12.5. The Labute approximate surface area is 215 Å². The van der Waals surface area contributed by atoms with Crippen molar-refractivity contribution in [3.8, 4) is 0 Å². The Morgan fingerprint density at radius 1 is 1.09 bits per heavy atom. The minimum Gasteiger partial charge on any atom is -0.378 e. The van der Waals surface area contributed by atoms with Gasteiger partial charge in [-0.3, -0.25) is 18.7 Å². The quantitative estimate of drug-likeness (QED) is 0.491. The first-order chi connectivity index (χ1) is 16.9. The van der Waals surface area contributed by atoms with Gasteiger partial charge in [0.05, 0.1) is 29.9 Å². The molecular formula is C25H24BrClN4O4. The lowest BCUT2D eigenvalue weighted by molar-refractivity contribution is 0.0462. The van der Waals surface area contributed by atoms with Gasteiger partial charge in [0.25, 0.3) is 11.8 Å². The number of fused-ring (bicyclic) bond motifs is 3. The van der Waals surface area contributed by atoms with Gasteiger partial charge in [-0.25, -0.2) is 4.79 Å². The van der Waals surface area contributed by atoms with E-state index < -0.39 is 0 Å². The third-order valence-corrected chi connectivity index (χ3v) is 7.80. The van der Waals surface area contributed by atoms with Crippen LogP contribution in [0.1, 0.15) is 32.1 Å². The van der Waals surface area contributed by atoms with Crippen molar-refractivity contribution in [3.05, 3.63) is 91.0 Å². The monoisotopic (exact) mass is 558 g/mol. The van der Waals surface area contributed by atoms with Gasteiger partial charge in [0.1, 0.15) is 5.69 Å². The molecule has 2 aromatic carbocycles. The summed E-state index contributed by atoms with van der Waals surface area (Å²) < 4.78 is 9.46. The van der Waals surface area contributed by atoms with Gasteiger partial charge in [0.2, 0.25) is 0 Å². The summed E-state index contributed by atoms with van der Waals surface area (Å²) in [5.74, 6) is -0.435. The fourth-order valence-corrected chi connectivity index (χ4v) is 5.16. The molecule has 2 aliphatic rings. The number of imidazole rings is 1. The van der Waals surface area contributed by atoms with Crippen LogP contribution in [0.15, 0.2) is 57.8 Å². The number of methoxy groups -OCH3 is 1. The largest absolute Gasteiger partial charge is 0.378 e. The molecule has 1 aromatic heterocycles. The van der Waals surface area contributed by atoms with Crippen molar-refractivity contribution in [3.63, 3.8) is 0 Å². The molecule has 2 amide bonds. The van der Waals surface area contributed by atoms with Crippen LogP contribution in [0.25, 0.3) is 0 Å². The van der Waals surface area contributed by atoms with Crippen molar-refractivity contribution in [1.29, 1.82) is 0 Å². The summed E-state index contributed by atoms with van der Waals surface area (Å²) in [6.45, 7) is 1.88. The van der Waals surface area contributed by atoms with Crippen LogP contribution in [-0.4, -0.2) is 57.1 Å². The number of aromatic nitrogens is 2. The Morgan fingerprint density at radius 2 is 1.86 bits per heavy atom. The average Bonchev–Trinajstić information content (AvgIpc) is 3.05. The van der Waals surface area contributed by atoms with Crippen LogP contribution in [0, 0.1) is 0 Å². The van der Waals surface area contributed by atoms with E-state index in [4.69, 9.17) is 16.3 Å². The normalized spacial score (nSPS) is 17.7. The molecule has 0 saturated heterocycles. The lowest BCUT2D eigenvalue weighted by Crippen LogP contribution is -2.42. The van der Waals surface area contributed by atoms with Crippen LogP contribution in [0.3, 0.4) is 0 Å². The number of benzene rings is 2. The van der Waals surface area contributed by atoms with Gasteiger partial charge in [0.15, 0.2) is 0 Å². The predicted molar refractivity (Wildman–Crippen MR) is 135 cm³/mol. The summed E-state index contributed by atoms with van der Waals surface area (Å²) in [5, 5.41) is 0.444. The lowest BCUT2D eigenvalue weighted by atomic mass is 10.1. The highest BCUT2D eigenvalue weighted by molar-refractivity contribution is 9.10. The number of halogens is 2. The van der Waals surface area contributed by atoms with Crippen molar-refractivity contribution < 1.29 is 14.3 Å². The van der Waals surface area contributed by atoms with Crippen molar-refractivity contribution >= 4 is 39.3 Å². The number of rotatable bonds is 4. The van der Waals surface area contributed by atoms with E-state index >= 15 is 0 Å². The Bertz CT molecular complexity index is 1350. The maximum atomic E-state index is 13.8. The number of amides is 2. The molecule has 0 bridgehead atoms. The van der Waals surface area contributed by atoms with E-state index in [0.29, 0.717) is 52.6 Å². The predicted octanol–water partition coefficient (Wildman–Crippen LogP) is 3.39. The van der Waals surface area contributed by atoms with Crippen LogP contribution in [-0.2, 0) is 30.9 Å². The van der Waals surface area contributed by atoms with Gasteiger partial charge < -0.3 is 14.5 Å². The Kier molecular flexibility index (Phi) is 6.57. The van der Waals surface area contributed by atoms with Crippen LogP contribution >= 0.6 is 27.5 Å². The molecule has 0 N–H and O–H groups in total. The number of carbonyl (C=O) groups excluding carboxylic acids is 2. The summed E-state index contributed by atoms with van der Waals surface area (Å²) in [5.41, 5.74) is 2.08. The van der Waals surface area contributed by atoms with Crippen molar-refractivity contribution in [2.24, 2.45) is 0 Å². The summed E-state index contributed by atoms with van der Waals surface area (Å²) in [6.07, 6.45) is -0.325. The minimum absolute atomic E-state index is 0.159. The number of hydrogen-bond donors (Lipinski definition) is 0. The van der Waals surface area contributed by atoms with Gasteiger partial charge in [-0.15, -0.1) is 0 Å². The molecule has 0 fully saturated rings. The molecule has 0 radical (unpaired) electrons. The number of carbonyl (C=O) groups is 2. The zero-order valence-electron chi connectivity index (χ0n) is 19.1. The second kappa shape index (κ2) is 9.64. The number of nitrogens with zero attached hydrogens (tertiary/aromatic N) is 4. The van der Waals surface area contributed by atoms with E-state index in [0.717, 1.165) is 5.56 Å². The van der Waals surface area contributed by atoms with Gasteiger partial charge in [0, 0.05) is 43.3 Å². The van der Waals surface area contributed by atoms with Crippen molar-refractivity contribution in [2.75, 3.05) is 20.2 Å². The van der Waals surface area contributed by atoms with Gasteiger partial charge in [-0.1, -0.05) is 41.9 Å². The highest BCUT2D eigenvalue weighted by Gasteiger charge is 2.37. The molecular weight excluding hydrogens is 536 g/mol.